The summed E-state index contributed by atoms with van der Waals surface area (Å²) in [5.74, 6) is -0.567. The van der Waals surface area contributed by atoms with E-state index in [9.17, 15) is 19.6 Å². The third-order valence-electron chi connectivity index (χ3n) is 7.70. The van der Waals surface area contributed by atoms with Crippen molar-refractivity contribution in [1.82, 2.24) is 4.90 Å². The molecular weight excluding hydrogens is 459 g/mol. The molecule has 2 aliphatic heterocycles. The topological polar surface area (TPSA) is 82.8 Å². The van der Waals surface area contributed by atoms with Crippen molar-refractivity contribution in [2.45, 2.75) is 36.4 Å². The fourth-order valence-corrected chi connectivity index (χ4v) is 6.16. The molecule has 182 valence electrons. The summed E-state index contributed by atoms with van der Waals surface area (Å²) in [6, 6.07) is 21.3. The third-order valence-corrected chi connectivity index (χ3v) is 7.70. The predicted octanol–water partition coefficient (Wildman–Crippen LogP) is 4.70. The van der Waals surface area contributed by atoms with Crippen molar-refractivity contribution in [3.05, 3.63) is 94.8 Å². The van der Waals surface area contributed by atoms with Crippen molar-refractivity contribution in [2.75, 3.05) is 19.8 Å². The van der Waals surface area contributed by atoms with Crippen LogP contribution in [0.5, 0.6) is 0 Å². The van der Waals surface area contributed by atoms with E-state index >= 15 is 0 Å². The number of halogens is 1. The van der Waals surface area contributed by atoms with E-state index in [0.717, 1.165) is 22.3 Å². The summed E-state index contributed by atoms with van der Waals surface area (Å²) in [6.07, 6.45) is -0.186. The van der Waals surface area contributed by atoms with Crippen LogP contribution in [0.3, 0.4) is 0 Å². The fourth-order valence-electron chi connectivity index (χ4n) is 6.16. The second kappa shape index (κ2) is 8.74. The van der Waals surface area contributed by atoms with Gasteiger partial charge in [0.1, 0.15) is 12.4 Å². The van der Waals surface area contributed by atoms with E-state index in [0.29, 0.717) is 0 Å². The molecule has 36 heavy (non-hydrogen) atoms. The minimum Gasteiger partial charge on any atom is -0.448 e. The number of amides is 1. The fraction of sp³-hybridized carbons (Fsp3) is 0.310. The highest BCUT2D eigenvalue weighted by molar-refractivity contribution is 5.79. The lowest BCUT2D eigenvalue weighted by atomic mass is 9.75. The first-order valence-electron chi connectivity index (χ1n) is 12.1. The number of carbonyl (C=O) groups excluding carboxylic acids is 1. The van der Waals surface area contributed by atoms with Gasteiger partial charge in [-0.3, -0.25) is 4.90 Å². The van der Waals surface area contributed by atoms with E-state index in [1.54, 1.807) is 4.90 Å². The molecule has 2 unspecified atom stereocenters. The van der Waals surface area contributed by atoms with Crippen LogP contribution in [0.15, 0.2) is 66.7 Å². The van der Waals surface area contributed by atoms with Gasteiger partial charge in [-0.2, -0.15) is 5.26 Å². The van der Waals surface area contributed by atoms with Crippen LogP contribution < -0.4 is 0 Å². The number of ether oxygens (including phenoxy) is 2. The van der Waals surface area contributed by atoms with Crippen LogP contribution in [0, 0.1) is 17.1 Å². The second-order valence-electron chi connectivity index (χ2n) is 9.80. The quantitative estimate of drug-likeness (QED) is 0.583. The molecule has 1 aliphatic carbocycles. The van der Waals surface area contributed by atoms with Gasteiger partial charge in [0.2, 0.25) is 0 Å². The van der Waals surface area contributed by atoms with Gasteiger partial charge in [0.05, 0.1) is 42.5 Å². The molecule has 1 N–H and O–H groups in total. The minimum absolute atomic E-state index is 0.0513. The zero-order valence-electron chi connectivity index (χ0n) is 19.6. The SMILES string of the molecule is N#Cc1ccc(F)cc1C1(O)CC2COCC(C1)N2C(=O)OCC1c2ccccc2-c2ccccc21. The Labute approximate surface area is 208 Å². The molecule has 6 nitrogen and oxygen atoms in total. The second-order valence-corrected chi connectivity index (χ2v) is 9.80. The number of aliphatic hydroxyl groups is 1. The molecule has 0 saturated carbocycles. The number of fused-ring (bicyclic) bond motifs is 5. The van der Waals surface area contributed by atoms with Gasteiger partial charge >= 0.3 is 6.09 Å². The lowest BCUT2D eigenvalue weighted by molar-refractivity contribution is -0.136. The molecule has 2 saturated heterocycles. The van der Waals surface area contributed by atoms with Crippen molar-refractivity contribution < 1.29 is 23.8 Å². The number of nitriles is 1. The summed E-state index contributed by atoms with van der Waals surface area (Å²) in [5.41, 5.74) is 3.64. The van der Waals surface area contributed by atoms with Crippen molar-refractivity contribution in [1.29, 1.82) is 5.26 Å². The smallest absolute Gasteiger partial charge is 0.410 e. The number of nitrogens with zero attached hydrogens (tertiary/aromatic N) is 2. The zero-order chi connectivity index (χ0) is 24.9. The average Bonchev–Trinajstić information content (AvgIpc) is 3.20. The number of carbonyl (C=O) groups is 1. The van der Waals surface area contributed by atoms with Crippen molar-refractivity contribution >= 4 is 6.09 Å². The number of piperidine rings is 1. The highest BCUT2D eigenvalue weighted by Crippen LogP contribution is 2.45. The first-order valence-corrected chi connectivity index (χ1v) is 12.1. The van der Waals surface area contributed by atoms with E-state index in [-0.39, 0.29) is 49.7 Å². The summed E-state index contributed by atoms with van der Waals surface area (Å²) in [6.45, 7) is 0.677. The highest BCUT2D eigenvalue weighted by Gasteiger charge is 2.50. The van der Waals surface area contributed by atoms with Gasteiger partial charge in [-0.15, -0.1) is 0 Å². The molecule has 2 atom stereocenters. The van der Waals surface area contributed by atoms with Gasteiger partial charge < -0.3 is 14.6 Å². The van der Waals surface area contributed by atoms with Crippen LogP contribution in [0.25, 0.3) is 11.1 Å². The van der Waals surface area contributed by atoms with Crippen LogP contribution in [-0.2, 0) is 15.1 Å². The predicted molar refractivity (Wildman–Crippen MR) is 130 cm³/mol. The Balaban J connectivity index is 1.22. The number of hydrogen-bond acceptors (Lipinski definition) is 5. The van der Waals surface area contributed by atoms with Crippen molar-refractivity contribution in [3.63, 3.8) is 0 Å². The van der Waals surface area contributed by atoms with E-state index < -0.39 is 29.6 Å². The Bertz CT molecular complexity index is 1320. The Hall–Kier alpha value is -3.73. The van der Waals surface area contributed by atoms with Gasteiger partial charge in [0.25, 0.3) is 0 Å². The highest BCUT2D eigenvalue weighted by atomic mass is 19.1. The first kappa shape index (κ1) is 22.7. The van der Waals surface area contributed by atoms with Crippen LogP contribution in [0.4, 0.5) is 9.18 Å². The van der Waals surface area contributed by atoms with Crippen molar-refractivity contribution in [2.24, 2.45) is 0 Å². The first-order chi connectivity index (χ1) is 17.5. The number of morpholine rings is 1. The molecule has 6 rings (SSSR count). The molecule has 0 radical (unpaired) electrons. The van der Waals surface area contributed by atoms with Crippen LogP contribution in [-0.4, -0.2) is 48.0 Å². The summed E-state index contributed by atoms with van der Waals surface area (Å²) in [7, 11) is 0. The van der Waals surface area contributed by atoms with Gasteiger partial charge in [-0.1, -0.05) is 48.5 Å². The summed E-state index contributed by atoms with van der Waals surface area (Å²) in [5, 5.41) is 21.1. The van der Waals surface area contributed by atoms with Crippen LogP contribution >= 0.6 is 0 Å². The van der Waals surface area contributed by atoms with Gasteiger partial charge in [-0.25, -0.2) is 9.18 Å². The number of benzene rings is 3. The average molecular weight is 485 g/mol. The molecule has 3 aromatic rings. The summed E-state index contributed by atoms with van der Waals surface area (Å²) in [4.78, 5) is 15.0. The largest absolute Gasteiger partial charge is 0.448 e. The Morgan fingerprint density at radius 1 is 1.06 bits per heavy atom. The molecule has 3 aromatic carbocycles. The Morgan fingerprint density at radius 2 is 1.67 bits per heavy atom. The zero-order valence-corrected chi connectivity index (χ0v) is 19.6. The molecular formula is C29H25FN2O4. The third kappa shape index (κ3) is 3.65. The van der Waals surface area contributed by atoms with Gasteiger partial charge in [-0.05, 0) is 40.5 Å². The Morgan fingerprint density at radius 3 is 2.28 bits per heavy atom. The van der Waals surface area contributed by atoms with Crippen LogP contribution in [0.2, 0.25) is 0 Å². The van der Waals surface area contributed by atoms with E-state index in [2.05, 4.69) is 24.3 Å². The monoisotopic (exact) mass is 484 g/mol. The van der Waals surface area contributed by atoms with Gasteiger partial charge in [0.15, 0.2) is 0 Å². The van der Waals surface area contributed by atoms with E-state index in [1.807, 2.05) is 30.3 Å². The molecule has 0 aromatic heterocycles. The molecule has 1 amide bonds. The molecule has 0 spiro atoms. The molecule has 3 aliphatic rings. The number of rotatable bonds is 3. The summed E-state index contributed by atoms with van der Waals surface area (Å²) >= 11 is 0. The van der Waals surface area contributed by atoms with E-state index in [1.165, 1.54) is 18.2 Å². The lowest BCUT2D eigenvalue weighted by Crippen LogP contribution is -2.62. The minimum atomic E-state index is -1.44. The summed E-state index contributed by atoms with van der Waals surface area (Å²) < 4.78 is 25.6. The molecule has 7 heteroatoms. The maximum atomic E-state index is 14.0. The van der Waals surface area contributed by atoms with Crippen LogP contribution in [0.1, 0.15) is 41.0 Å². The van der Waals surface area contributed by atoms with Gasteiger partial charge in [0, 0.05) is 24.3 Å². The Kier molecular flexibility index (Phi) is 5.51. The maximum absolute atomic E-state index is 14.0. The van der Waals surface area contributed by atoms with E-state index in [4.69, 9.17) is 9.47 Å². The normalized spacial score (nSPS) is 24.5. The maximum Gasteiger partial charge on any atom is 0.410 e. The lowest BCUT2D eigenvalue weighted by Gasteiger charge is -2.51. The molecule has 2 heterocycles. The van der Waals surface area contributed by atoms with Crippen molar-refractivity contribution in [3.8, 4) is 17.2 Å². The standard InChI is InChI=1S/C29H25FN2O4/c30-19-10-9-18(14-31)27(11-19)29(34)12-20-15-35-16-21(13-29)32(20)28(33)36-17-26-24-7-3-1-5-22(24)23-6-2-4-8-25(23)26/h1-11,20-21,26,34H,12-13,15-17H2. The number of hydrogen-bond donors (Lipinski definition) is 1. The molecule has 2 bridgehead atoms. The molecule has 2 fully saturated rings.